The zero-order valence-corrected chi connectivity index (χ0v) is 24.7. The van der Waals surface area contributed by atoms with Gasteiger partial charge in [0.25, 0.3) is 0 Å². The van der Waals surface area contributed by atoms with Crippen molar-refractivity contribution in [1.82, 2.24) is 0 Å². The van der Waals surface area contributed by atoms with E-state index in [2.05, 4.69) is 6.92 Å². The molecule has 0 bridgehead atoms. The van der Waals surface area contributed by atoms with Gasteiger partial charge in [0.15, 0.2) is 40.7 Å². The molecular weight excluding hydrogens is 617 g/mol. The highest BCUT2D eigenvalue weighted by Crippen LogP contribution is 2.59. The number of benzene rings is 5. The predicted molar refractivity (Wildman–Crippen MR) is 161 cm³/mol. The summed E-state index contributed by atoms with van der Waals surface area (Å²) < 4.78 is 137. The second kappa shape index (κ2) is 12.2. The molecule has 6 rings (SSSR count). The van der Waals surface area contributed by atoms with E-state index in [9.17, 15) is 13.2 Å². The van der Waals surface area contributed by atoms with Crippen LogP contribution >= 0.6 is 0 Å². The van der Waals surface area contributed by atoms with Crippen LogP contribution in [0.15, 0.2) is 54.6 Å². The Balaban J connectivity index is 1.55. The number of fused-ring (bicyclic) bond motifs is 5. The monoisotopic (exact) mass is 645 g/mol. The van der Waals surface area contributed by atoms with Crippen LogP contribution in [0.3, 0.4) is 0 Å². The van der Waals surface area contributed by atoms with Crippen LogP contribution in [0.4, 0.5) is 50.9 Å². The zero-order valence-electron chi connectivity index (χ0n) is 24.7. The van der Waals surface area contributed by atoms with E-state index < -0.39 is 74.6 Å². The van der Waals surface area contributed by atoms with E-state index in [0.717, 1.165) is 53.2 Å². The Bertz CT molecular complexity index is 1990. The number of anilines is 2. The number of nitrogens with zero attached hydrogens (tertiary/aromatic N) is 1. The maximum atomic E-state index is 16.1. The van der Waals surface area contributed by atoms with Gasteiger partial charge in [0.05, 0.1) is 16.8 Å². The SMILES string of the molecule is CCCCCCCCCN(c1ccc2cc3ccccc3cc2c1)c1c(F)c(F)c(F)c2c1C(F)(F)c1c(F)c(F)c(F)c(F)c1-2. The van der Waals surface area contributed by atoms with Gasteiger partial charge in [0, 0.05) is 23.4 Å². The van der Waals surface area contributed by atoms with Crippen molar-refractivity contribution in [3.63, 3.8) is 0 Å². The summed E-state index contributed by atoms with van der Waals surface area (Å²) in [7, 11) is 0. The van der Waals surface area contributed by atoms with Crippen molar-refractivity contribution in [3.05, 3.63) is 106 Å². The van der Waals surface area contributed by atoms with Crippen molar-refractivity contribution in [3.8, 4) is 11.1 Å². The van der Waals surface area contributed by atoms with Gasteiger partial charge >= 0.3 is 5.92 Å². The largest absolute Gasteiger partial charge is 0.339 e. The highest BCUT2D eigenvalue weighted by atomic mass is 19.3. The van der Waals surface area contributed by atoms with Gasteiger partial charge in [0.1, 0.15) is 0 Å². The van der Waals surface area contributed by atoms with Gasteiger partial charge in [0.2, 0.25) is 0 Å². The van der Waals surface area contributed by atoms with Crippen LogP contribution in [-0.2, 0) is 5.92 Å². The molecular formula is C36H28F9N. The molecule has 0 saturated carbocycles. The molecule has 46 heavy (non-hydrogen) atoms. The van der Waals surface area contributed by atoms with Crippen molar-refractivity contribution in [2.45, 2.75) is 57.8 Å². The van der Waals surface area contributed by atoms with Crippen molar-refractivity contribution < 1.29 is 39.5 Å². The number of unbranched alkanes of at least 4 members (excludes halogenated alkanes) is 6. The minimum absolute atomic E-state index is 0.117. The summed E-state index contributed by atoms with van der Waals surface area (Å²) in [5.74, 6) is -21.1. The molecule has 1 aliphatic rings. The van der Waals surface area contributed by atoms with Crippen LogP contribution in [0.25, 0.3) is 32.7 Å². The lowest BCUT2D eigenvalue weighted by molar-refractivity contribution is 0.0430. The van der Waals surface area contributed by atoms with E-state index in [0.29, 0.717) is 18.2 Å². The van der Waals surface area contributed by atoms with E-state index in [1.54, 1.807) is 12.1 Å². The molecule has 0 heterocycles. The fourth-order valence-corrected chi connectivity index (χ4v) is 6.42. The molecule has 0 fully saturated rings. The number of alkyl halides is 2. The molecule has 0 amide bonds. The summed E-state index contributed by atoms with van der Waals surface area (Å²) in [6.07, 6.45) is 5.60. The first-order valence-electron chi connectivity index (χ1n) is 15.1. The standard InChI is InChI=1S/C36H28F9N/c1-2-3-4-5-6-7-10-15-46(23-14-13-21-16-19-11-8-9-12-20(19)17-22(21)18-23)35-27-25(29(38)32(41)34(35)43)24-26(36(27,44)45)30(39)33(42)31(40)28(24)37/h8-9,11-14,16-18H,2-7,10,15H2,1H3. The summed E-state index contributed by atoms with van der Waals surface area (Å²) in [6, 6.07) is 15.9. The van der Waals surface area contributed by atoms with Crippen LogP contribution in [0.5, 0.6) is 0 Å². The van der Waals surface area contributed by atoms with Crippen LogP contribution in [0, 0.1) is 40.7 Å². The minimum Gasteiger partial charge on any atom is -0.339 e. The molecule has 0 spiro atoms. The Kier molecular flexibility index (Phi) is 8.42. The molecule has 0 radical (unpaired) electrons. The van der Waals surface area contributed by atoms with Gasteiger partial charge in [-0.25, -0.2) is 30.7 Å². The van der Waals surface area contributed by atoms with Gasteiger partial charge in [-0.05, 0) is 52.2 Å². The molecule has 1 nitrogen and oxygen atoms in total. The normalized spacial score (nSPS) is 13.4. The van der Waals surface area contributed by atoms with Gasteiger partial charge in [-0.1, -0.05) is 75.8 Å². The molecule has 10 heteroatoms. The third-order valence-electron chi connectivity index (χ3n) is 8.70. The molecule has 5 aromatic carbocycles. The Morgan fingerprint density at radius 3 is 1.70 bits per heavy atom. The Morgan fingerprint density at radius 1 is 0.522 bits per heavy atom. The topological polar surface area (TPSA) is 3.24 Å². The third kappa shape index (κ3) is 5.06. The van der Waals surface area contributed by atoms with Crippen molar-refractivity contribution >= 4 is 32.9 Å². The molecule has 5 aromatic rings. The fourth-order valence-electron chi connectivity index (χ4n) is 6.42. The van der Waals surface area contributed by atoms with E-state index in [1.165, 1.54) is 6.07 Å². The van der Waals surface area contributed by atoms with Crippen LogP contribution in [0.2, 0.25) is 0 Å². The van der Waals surface area contributed by atoms with E-state index in [-0.39, 0.29) is 12.2 Å². The van der Waals surface area contributed by atoms with Gasteiger partial charge in [-0.15, -0.1) is 0 Å². The second-order valence-electron chi connectivity index (χ2n) is 11.6. The number of hydrogen-bond donors (Lipinski definition) is 0. The average molecular weight is 646 g/mol. The maximum absolute atomic E-state index is 16.1. The molecule has 0 aliphatic heterocycles. The van der Waals surface area contributed by atoms with Gasteiger partial charge < -0.3 is 4.90 Å². The predicted octanol–water partition coefficient (Wildman–Crippen LogP) is 12.0. The van der Waals surface area contributed by atoms with Gasteiger partial charge in [-0.2, -0.15) is 8.78 Å². The first-order chi connectivity index (χ1) is 22.0. The van der Waals surface area contributed by atoms with E-state index in [1.807, 2.05) is 36.4 Å². The fraction of sp³-hybridized carbons (Fsp3) is 0.278. The van der Waals surface area contributed by atoms with Crippen LogP contribution < -0.4 is 4.90 Å². The van der Waals surface area contributed by atoms with Crippen molar-refractivity contribution in [2.24, 2.45) is 0 Å². The third-order valence-corrected chi connectivity index (χ3v) is 8.70. The molecule has 0 unspecified atom stereocenters. The Morgan fingerprint density at radius 2 is 1.04 bits per heavy atom. The lowest BCUT2D eigenvalue weighted by Crippen LogP contribution is -2.26. The van der Waals surface area contributed by atoms with Crippen LogP contribution in [-0.4, -0.2) is 6.54 Å². The number of hydrogen-bond acceptors (Lipinski definition) is 1. The van der Waals surface area contributed by atoms with Crippen LogP contribution in [0.1, 0.15) is 63.0 Å². The lowest BCUT2D eigenvalue weighted by Gasteiger charge is -2.30. The summed E-state index contributed by atoms with van der Waals surface area (Å²) in [5, 5.41) is 3.15. The molecule has 0 N–H and O–H groups in total. The summed E-state index contributed by atoms with van der Waals surface area (Å²) >= 11 is 0. The zero-order chi connectivity index (χ0) is 32.9. The highest BCUT2D eigenvalue weighted by molar-refractivity contribution is 6.00. The number of rotatable bonds is 10. The van der Waals surface area contributed by atoms with E-state index >= 15 is 26.3 Å². The summed E-state index contributed by atoms with van der Waals surface area (Å²) in [6.45, 7) is 1.90. The number of halogens is 9. The minimum atomic E-state index is -4.76. The maximum Gasteiger partial charge on any atom is 0.304 e. The Labute approximate surface area is 259 Å². The quantitative estimate of drug-likeness (QED) is 0.0480. The molecule has 240 valence electrons. The van der Waals surface area contributed by atoms with Crippen molar-refractivity contribution in [2.75, 3.05) is 11.4 Å². The molecule has 0 saturated heterocycles. The van der Waals surface area contributed by atoms with Gasteiger partial charge in [-0.3, -0.25) is 0 Å². The molecule has 0 atom stereocenters. The highest BCUT2D eigenvalue weighted by Gasteiger charge is 2.55. The molecule has 0 aromatic heterocycles. The first kappa shape index (κ1) is 31.8. The van der Waals surface area contributed by atoms with Crippen molar-refractivity contribution in [1.29, 1.82) is 0 Å². The second-order valence-corrected chi connectivity index (χ2v) is 11.6. The lowest BCUT2D eigenvalue weighted by atomic mass is 9.99. The smallest absolute Gasteiger partial charge is 0.304 e. The summed E-state index contributed by atoms with van der Waals surface area (Å²) in [4.78, 5) is 1.03. The average Bonchev–Trinajstić information content (AvgIpc) is 3.29. The first-order valence-corrected chi connectivity index (χ1v) is 15.1. The molecule has 1 aliphatic carbocycles. The van der Waals surface area contributed by atoms with E-state index in [4.69, 9.17) is 0 Å². The Hall–Kier alpha value is -4.21. The summed E-state index contributed by atoms with van der Waals surface area (Å²) in [5.41, 5.74) is -7.92.